The number of rotatable bonds is 5. The Morgan fingerprint density at radius 2 is 1.67 bits per heavy atom. The van der Waals surface area contributed by atoms with Gasteiger partial charge in [-0.2, -0.15) is 0 Å². The van der Waals surface area contributed by atoms with Gasteiger partial charge in [-0.25, -0.2) is 0 Å². The van der Waals surface area contributed by atoms with Crippen LogP contribution in [0.1, 0.15) is 26.9 Å². The van der Waals surface area contributed by atoms with Crippen LogP contribution in [0.3, 0.4) is 0 Å². The van der Waals surface area contributed by atoms with Gasteiger partial charge in [0.15, 0.2) is 0 Å². The molecule has 4 rings (SSSR count). The molecule has 0 radical (unpaired) electrons. The highest BCUT2D eigenvalue weighted by Crippen LogP contribution is 2.42. The van der Waals surface area contributed by atoms with Crippen LogP contribution in [0.2, 0.25) is 0 Å². The monoisotopic (exact) mass is 418 g/mol. The molecule has 3 aromatic carbocycles. The number of methoxy groups -OCH3 is 1. The number of anilines is 2. The Bertz CT molecular complexity index is 1050. The third kappa shape index (κ3) is 4.19. The number of thioether (sulfide) groups is 1. The number of carbonyl (C=O) groups excluding carboxylic acids is 2. The molecule has 152 valence electrons. The molecule has 30 heavy (non-hydrogen) atoms. The molecule has 0 bridgehead atoms. The maximum Gasteiger partial charge on any atom is 0.255 e. The van der Waals surface area contributed by atoms with Crippen molar-refractivity contribution in [3.05, 3.63) is 89.5 Å². The van der Waals surface area contributed by atoms with Crippen LogP contribution in [0.15, 0.2) is 72.8 Å². The van der Waals surface area contributed by atoms with Crippen LogP contribution in [0.25, 0.3) is 0 Å². The highest BCUT2D eigenvalue weighted by Gasteiger charge is 2.34. The van der Waals surface area contributed by atoms with Crippen LogP contribution in [0.5, 0.6) is 5.75 Å². The maximum atomic E-state index is 12.5. The minimum atomic E-state index is -0.145. The lowest BCUT2D eigenvalue weighted by molar-refractivity contribution is -0.115. The normalized spacial score (nSPS) is 15.9. The first-order chi connectivity index (χ1) is 14.5. The molecule has 1 aliphatic heterocycles. The van der Waals surface area contributed by atoms with E-state index in [0.717, 1.165) is 28.3 Å². The lowest BCUT2D eigenvalue weighted by Crippen LogP contribution is -2.27. The standard InChI is InChI=1S/C24H22N2O3S/c1-16-3-5-17(6-4-16)23(28)25-19-9-7-18(8-10-19)24-26(22(27)15-30-24)20-11-13-21(29-2)14-12-20/h3-14,24H,15H2,1-2H3,(H,25,28)/t24-/m1/s1. The summed E-state index contributed by atoms with van der Waals surface area (Å²) in [5.74, 6) is 1.12. The number of benzene rings is 3. The molecule has 6 heteroatoms. The smallest absolute Gasteiger partial charge is 0.255 e. The fourth-order valence-electron chi connectivity index (χ4n) is 3.33. The van der Waals surface area contributed by atoms with Crippen LogP contribution >= 0.6 is 11.8 Å². The predicted molar refractivity (Wildman–Crippen MR) is 121 cm³/mol. The van der Waals surface area contributed by atoms with Gasteiger partial charge in [-0.05, 0) is 61.0 Å². The van der Waals surface area contributed by atoms with Crippen LogP contribution in [0, 0.1) is 6.92 Å². The summed E-state index contributed by atoms with van der Waals surface area (Å²) in [6, 6.07) is 22.6. The number of carbonyl (C=O) groups is 2. The van der Waals surface area contributed by atoms with Crippen molar-refractivity contribution in [3.8, 4) is 5.75 Å². The van der Waals surface area contributed by atoms with Crippen LogP contribution in [0.4, 0.5) is 11.4 Å². The summed E-state index contributed by atoms with van der Waals surface area (Å²) in [6.07, 6.45) is 0. The molecule has 1 atom stereocenters. The summed E-state index contributed by atoms with van der Waals surface area (Å²) in [4.78, 5) is 26.8. The minimum Gasteiger partial charge on any atom is -0.497 e. The second-order valence-electron chi connectivity index (χ2n) is 7.07. The first-order valence-electron chi connectivity index (χ1n) is 9.61. The van der Waals surface area contributed by atoms with Gasteiger partial charge in [-0.15, -0.1) is 11.8 Å². The molecule has 1 heterocycles. The topological polar surface area (TPSA) is 58.6 Å². The quantitative estimate of drug-likeness (QED) is 0.631. The van der Waals surface area contributed by atoms with Crippen molar-refractivity contribution in [1.82, 2.24) is 0 Å². The zero-order chi connectivity index (χ0) is 21.1. The number of ether oxygens (including phenoxy) is 1. The Morgan fingerprint density at radius 1 is 1.00 bits per heavy atom. The van der Waals surface area contributed by atoms with Gasteiger partial charge in [-0.3, -0.25) is 14.5 Å². The fraction of sp³-hybridized carbons (Fsp3) is 0.167. The minimum absolute atomic E-state index is 0.0758. The Labute approximate surface area is 180 Å². The second kappa shape index (κ2) is 8.63. The van der Waals surface area contributed by atoms with E-state index in [4.69, 9.17) is 4.74 Å². The predicted octanol–water partition coefficient (Wildman–Crippen LogP) is 5.03. The number of amides is 2. The molecular formula is C24H22N2O3S. The molecule has 3 aromatic rings. The Morgan fingerprint density at radius 3 is 2.30 bits per heavy atom. The van der Waals surface area contributed by atoms with E-state index in [1.165, 1.54) is 0 Å². The molecule has 1 saturated heterocycles. The summed E-state index contributed by atoms with van der Waals surface area (Å²) in [7, 11) is 1.62. The van der Waals surface area contributed by atoms with Gasteiger partial charge in [-0.1, -0.05) is 29.8 Å². The number of aryl methyl sites for hydroxylation is 1. The molecule has 0 saturated carbocycles. The Kier molecular flexibility index (Phi) is 5.77. The van der Waals surface area contributed by atoms with Crippen LogP contribution in [-0.2, 0) is 4.79 Å². The fourth-order valence-corrected chi connectivity index (χ4v) is 4.51. The van der Waals surface area contributed by atoms with Crippen molar-refractivity contribution >= 4 is 35.0 Å². The van der Waals surface area contributed by atoms with E-state index in [0.29, 0.717) is 11.3 Å². The summed E-state index contributed by atoms with van der Waals surface area (Å²) >= 11 is 1.59. The number of nitrogens with zero attached hydrogens (tertiary/aromatic N) is 1. The van der Waals surface area contributed by atoms with Gasteiger partial charge in [0.1, 0.15) is 11.1 Å². The van der Waals surface area contributed by atoms with Crippen molar-refractivity contribution in [2.75, 3.05) is 23.1 Å². The van der Waals surface area contributed by atoms with E-state index in [1.807, 2.05) is 84.6 Å². The van der Waals surface area contributed by atoms with E-state index < -0.39 is 0 Å². The third-order valence-electron chi connectivity index (χ3n) is 4.99. The summed E-state index contributed by atoms with van der Waals surface area (Å²) in [5, 5.41) is 2.82. The SMILES string of the molecule is COc1ccc(N2C(=O)CS[C@@H]2c2ccc(NC(=O)c3ccc(C)cc3)cc2)cc1. The van der Waals surface area contributed by atoms with Gasteiger partial charge < -0.3 is 10.1 Å². The highest BCUT2D eigenvalue weighted by atomic mass is 32.2. The Balaban J connectivity index is 1.50. The number of hydrogen-bond donors (Lipinski definition) is 1. The Hall–Kier alpha value is -3.25. The lowest BCUT2D eigenvalue weighted by atomic mass is 10.1. The molecular weight excluding hydrogens is 396 g/mol. The van der Waals surface area contributed by atoms with E-state index in [2.05, 4.69) is 5.32 Å². The molecule has 2 amide bonds. The van der Waals surface area contributed by atoms with E-state index in [-0.39, 0.29) is 17.2 Å². The molecule has 0 aromatic heterocycles. The zero-order valence-electron chi connectivity index (χ0n) is 16.8. The first-order valence-corrected chi connectivity index (χ1v) is 10.7. The third-order valence-corrected chi connectivity index (χ3v) is 6.20. The van der Waals surface area contributed by atoms with Crippen molar-refractivity contribution < 1.29 is 14.3 Å². The largest absolute Gasteiger partial charge is 0.497 e. The van der Waals surface area contributed by atoms with Crippen molar-refractivity contribution in [1.29, 1.82) is 0 Å². The molecule has 1 aliphatic rings. The van der Waals surface area contributed by atoms with E-state index >= 15 is 0 Å². The summed E-state index contributed by atoms with van der Waals surface area (Å²) in [6.45, 7) is 1.99. The molecule has 5 nitrogen and oxygen atoms in total. The molecule has 1 N–H and O–H groups in total. The van der Waals surface area contributed by atoms with Gasteiger partial charge in [0.25, 0.3) is 5.91 Å². The first kappa shape index (κ1) is 20.0. The molecule has 0 spiro atoms. The van der Waals surface area contributed by atoms with Crippen LogP contribution in [-0.4, -0.2) is 24.7 Å². The molecule has 1 fully saturated rings. The molecule has 0 unspecified atom stereocenters. The molecule has 0 aliphatic carbocycles. The lowest BCUT2D eigenvalue weighted by Gasteiger charge is -2.24. The average molecular weight is 419 g/mol. The van der Waals surface area contributed by atoms with E-state index in [1.54, 1.807) is 18.9 Å². The van der Waals surface area contributed by atoms with E-state index in [9.17, 15) is 9.59 Å². The maximum absolute atomic E-state index is 12.5. The second-order valence-corrected chi connectivity index (χ2v) is 8.14. The number of nitrogens with one attached hydrogen (secondary N) is 1. The highest BCUT2D eigenvalue weighted by molar-refractivity contribution is 8.00. The van der Waals surface area contributed by atoms with Gasteiger partial charge in [0.05, 0.1) is 12.9 Å². The van der Waals surface area contributed by atoms with Crippen molar-refractivity contribution in [2.45, 2.75) is 12.3 Å². The van der Waals surface area contributed by atoms with Gasteiger partial charge in [0, 0.05) is 16.9 Å². The van der Waals surface area contributed by atoms with Gasteiger partial charge in [0.2, 0.25) is 5.91 Å². The van der Waals surface area contributed by atoms with Crippen LogP contribution < -0.4 is 15.0 Å². The van der Waals surface area contributed by atoms with Gasteiger partial charge >= 0.3 is 0 Å². The zero-order valence-corrected chi connectivity index (χ0v) is 17.6. The summed E-state index contributed by atoms with van der Waals surface area (Å²) < 4.78 is 5.21. The van der Waals surface area contributed by atoms with Crippen molar-refractivity contribution in [3.63, 3.8) is 0 Å². The number of hydrogen-bond acceptors (Lipinski definition) is 4. The van der Waals surface area contributed by atoms with Crippen molar-refractivity contribution in [2.24, 2.45) is 0 Å². The summed E-state index contributed by atoms with van der Waals surface area (Å²) in [5.41, 5.74) is 4.30. The average Bonchev–Trinajstić information content (AvgIpc) is 3.16.